The first-order valence-corrected chi connectivity index (χ1v) is 11.3. The van der Waals surface area contributed by atoms with Gasteiger partial charge in [-0.1, -0.05) is 44.7 Å². The Balaban J connectivity index is 1.63. The molecule has 2 aromatic heterocycles. The molecule has 1 saturated heterocycles. The molecule has 2 fully saturated rings. The summed E-state index contributed by atoms with van der Waals surface area (Å²) in [6.07, 6.45) is 0.628. The highest BCUT2D eigenvalue weighted by atomic mass is 35.5. The van der Waals surface area contributed by atoms with E-state index in [1.165, 1.54) is 17.4 Å². The van der Waals surface area contributed by atoms with E-state index in [0.717, 1.165) is 31.7 Å². The molecule has 6 nitrogen and oxygen atoms in total. The fourth-order valence-corrected chi connectivity index (χ4v) is 4.85. The number of aromatic nitrogens is 2. The lowest BCUT2D eigenvalue weighted by atomic mass is 9.93. The van der Waals surface area contributed by atoms with Crippen LogP contribution in [0.25, 0.3) is 5.52 Å². The molecular formula is C22H26ClF3N4O2. The molecule has 1 aliphatic heterocycles. The summed E-state index contributed by atoms with van der Waals surface area (Å²) in [5.41, 5.74) is -0.780. The van der Waals surface area contributed by atoms with Crippen LogP contribution in [-0.2, 0) is 11.0 Å². The van der Waals surface area contributed by atoms with Gasteiger partial charge in [0, 0.05) is 19.1 Å². The molecule has 32 heavy (non-hydrogen) atoms. The van der Waals surface area contributed by atoms with Gasteiger partial charge in [0.25, 0.3) is 5.91 Å². The lowest BCUT2D eigenvalue weighted by Crippen LogP contribution is -2.55. The molecule has 0 unspecified atom stereocenters. The Morgan fingerprint density at radius 2 is 1.84 bits per heavy atom. The molecule has 174 valence electrons. The van der Waals surface area contributed by atoms with Crippen LogP contribution in [0.15, 0.2) is 12.1 Å². The van der Waals surface area contributed by atoms with Crippen molar-refractivity contribution >= 4 is 28.9 Å². The number of alkyl halides is 3. The smallest absolute Gasteiger partial charge is 0.336 e. The molecule has 4 rings (SSSR count). The van der Waals surface area contributed by atoms with E-state index in [1.54, 1.807) is 13.8 Å². The van der Waals surface area contributed by atoms with Gasteiger partial charge in [-0.2, -0.15) is 18.3 Å². The summed E-state index contributed by atoms with van der Waals surface area (Å²) in [6, 6.07) is 2.76. The van der Waals surface area contributed by atoms with Crippen molar-refractivity contribution < 1.29 is 22.8 Å². The number of hydrogen-bond donors (Lipinski definition) is 0. The Morgan fingerprint density at radius 1 is 1.16 bits per heavy atom. The maximum atomic E-state index is 13.7. The molecule has 10 heteroatoms. The molecule has 3 heterocycles. The number of rotatable bonds is 3. The van der Waals surface area contributed by atoms with Crippen LogP contribution in [0.2, 0.25) is 5.02 Å². The molecule has 0 N–H and O–H groups in total. The van der Waals surface area contributed by atoms with Crippen LogP contribution in [0.4, 0.5) is 13.2 Å². The van der Waals surface area contributed by atoms with Crippen molar-refractivity contribution in [2.45, 2.75) is 64.1 Å². The summed E-state index contributed by atoms with van der Waals surface area (Å²) in [4.78, 5) is 29.0. The van der Waals surface area contributed by atoms with Crippen molar-refractivity contribution in [3.63, 3.8) is 0 Å². The van der Waals surface area contributed by atoms with Crippen LogP contribution in [0.1, 0.15) is 73.6 Å². The van der Waals surface area contributed by atoms with E-state index >= 15 is 0 Å². The van der Waals surface area contributed by atoms with E-state index in [4.69, 9.17) is 11.6 Å². The number of fused-ring (bicyclic) bond motifs is 1. The highest BCUT2D eigenvalue weighted by molar-refractivity contribution is 6.36. The summed E-state index contributed by atoms with van der Waals surface area (Å²) in [5.74, 6) is -0.944. The molecule has 1 aliphatic carbocycles. The minimum atomic E-state index is -4.67. The third kappa shape index (κ3) is 4.19. The molecule has 0 spiro atoms. The van der Waals surface area contributed by atoms with Crippen molar-refractivity contribution in [1.82, 2.24) is 19.4 Å². The fraction of sp³-hybridized carbons (Fsp3) is 0.591. The van der Waals surface area contributed by atoms with Crippen LogP contribution >= 0.6 is 11.6 Å². The van der Waals surface area contributed by atoms with E-state index < -0.39 is 17.8 Å². The molecule has 2 amide bonds. The van der Waals surface area contributed by atoms with E-state index in [2.05, 4.69) is 5.10 Å². The van der Waals surface area contributed by atoms with Crippen molar-refractivity contribution in [1.29, 1.82) is 0 Å². The minimum absolute atomic E-state index is 0.0284. The SMILES string of the molecule is CC(C)c1cc(C(F)(F)F)n2nc(C(=O)N3CCN(C4CCCCC4)C(=O)C3)c(Cl)c2c1. The van der Waals surface area contributed by atoms with Gasteiger partial charge >= 0.3 is 6.18 Å². The Labute approximate surface area is 189 Å². The van der Waals surface area contributed by atoms with Crippen molar-refractivity contribution in [2.24, 2.45) is 0 Å². The second-order valence-corrected chi connectivity index (χ2v) is 9.27. The topological polar surface area (TPSA) is 57.9 Å². The molecular weight excluding hydrogens is 445 g/mol. The minimum Gasteiger partial charge on any atom is -0.336 e. The third-order valence-electron chi connectivity index (χ3n) is 6.42. The Kier molecular flexibility index (Phi) is 6.13. The molecule has 2 aliphatic rings. The second-order valence-electron chi connectivity index (χ2n) is 8.89. The van der Waals surface area contributed by atoms with Crippen molar-refractivity contribution in [2.75, 3.05) is 19.6 Å². The highest BCUT2D eigenvalue weighted by Gasteiger charge is 2.38. The molecule has 1 saturated carbocycles. The first-order chi connectivity index (χ1) is 15.1. The molecule has 2 aromatic rings. The predicted molar refractivity (Wildman–Crippen MR) is 114 cm³/mol. The van der Waals surface area contributed by atoms with Crippen molar-refractivity contribution in [3.8, 4) is 0 Å². The number of carbonyl (C=O) groups is 2. The van der Waals surface area contributed by atoms with E-state index in [0.29, 0.717) is 23.2 Å². The van der Waals surface area contributed by atoms with Crippen LogP contribution in [0.3, 0.4) is 0 Å². The van der Waals surface area contributed by atoms with Gasteiger partial charge in [-0.15, -0.1) is 0 Å². The monoisotopic (exact) mass is 470 g/mol. The van der Waals surface area contributed by atoms with Gasteiger partial charge < -0.3 is 9.80 Å². The Bertz CT molecular complexity index is 1040. The zero-order valence-electron chi connectivity index (χ0n) is 18.1. The Hall–Kier alpha value is -2.29. The quantitative estimate of drug-likeness (QED) is 0.650. The first kappa shape index (κ1) is 22.9. The highest BCUT2D eigenvalue weighted by Crippen LogP contribution is 2.35. The average molecular weight is 471 g/mol. The van der Waals surface area contributed by atoms with E-state index in [-0.39, 0.29) is 40.6 Å². The zero-order valence-corrected chi connectivity index (χ0v) is 18.8. The molecule has 0 aromatic carbocycles. The Morgan fingerprint density at radius 3 is 2.44 bits per heavy atom. The van der Waals surface area contributed by atoms with Crippen molar-refractivity contribution in [3.05, 3.63) is 34.1 Å². The third-order valence-corrected chi connectivity index (χ3v) is 6.79. The number of amides is 2. The number of nitrogens with zero attached hydrogens (tertiary/aromatic N) is 4. The average Bonchev–Trinajstić information content (AvgIpc) is 3.08. The fourth-order valence-electron chi connectivity index (χ4n) is 4.60. The lowest BCUT2D eigenvalue weighted by molar-refractivity contribution is -0.142. The van der Waals surface area contributed by atoms with Gasteiger partial charge in [-0.25, -0.2) is 4.52 Å². The summed E-state index contributed by atoms with van der Waals surface area (Å²) >= 11 is 6.36. The normalized spacial score (nSPS) is 18.8. The molecule has 0 bridgehead atoms. The number of hydrogen-bond acceptors (Lipinski definition) is 3. The van der Waals surface area contributed by atoms with Gasteiger partial charge in [0.1, 0.15) is 12.2 Å². The van der Waals surface area contributed by atoms with E-state index in [1.807, 2.05) is 4.90 Å². The lowest BCUT2D eigenvalue weighted by Gasteiger charge is -2.40. The number of piperazine rings is 1. The van der Waals surface area contributed by atoms with Gasteiger partial charge in [0.2, 0.25) is 5.91 Å². The van der Waals surface area contributed by atoms with E-state index in [9.17, 15) is 22.8 Å². The van der Waals surface area contributed by atoms with Crippen LogP contribution in [-0.4, -0.2) is 56.9 Å². The van der Waals surface area contributed by atoms with Crippen LogP contribution in [0.5, 0.6) is 0 Å². The predicted octanol–water partition coefficient (Wildman–Crippen LogP) is 4.75. The van der Waals surface area contributed by atoms with Crippen LogP contribution in [0, 0.1) is 0 Å². The largest absolute Gasteiger partial charge is 0.433 e. The molecule has 0 radical (unpaired) electrons. The zero-order chi connectivity index (χ0) is 23.2. The van der Waals surface area contributed by atoms with Gasteiger partial charge in [0.05, 0.1) is 10.5 Å². The summed E-state index contributed by atoms with van der Waals surface area (Å²) in [7, 11) is 0. The maximum absolute atomic E-state index is 13.7. The van der Waals surface area contributed by atoms with Gasteiger partial charge in [0.15, 0.2) is 5.69 Å². The summed E-state index contributed by atoms with van der Waals surface area (Å²) in [5, 5.41) is 3.80. The van der Waals surface area contributed by atoms with Crippen LogP contribution < -0.4 is 0 Å². The summed E-state index contributed by atoms with van der Waals surface area (Å²) in [6.45, 7) is 4.14. The standard InChI is InChI=1S/C22H26ClF3N4O2/c1-13(2)14-10-16-19(23)20(27-30(16)17(11-14)22(24,25)26)21(32)28-8-9-29(18(31)12-28)15-6-4-3-5-7-15/h10-11,13,15H,3-9,12H2,1-2H3. The maximum Gasteiger partial charge on any atom is 0.433 e. The number of halogens is 4. The van der Waals surface area contributed by atoms with Gasteiger partial charge in [-0.05, 0) is 36.5 Å². The number of pyridine rings is 1. The first-order valence-electron chi connectivity index (χ1n) is 11.0. The van der Waals surface area contributed by atoms with Gasteiger partial charge in [-0.3, -0.25) is 9.59 Å². The molecule has 0 atom stereocenters. The summed E-state index contributed by atoms with van der Waals surface area (Å²) < 4.78 is 41.7. The number of carbonyl (C=O) groups excluding carboxylic acids is 2. The second kappa shape index (κ2) is 8.57.